The zero-order valence-corrected chi connectivity index (χ0v) is 14.9. The number of fused-ring (bicyclic) bond motifs is 1. The van der Waals surface area contributed by atoms with Crippen molar-refractivity contribution in [2.45, 2.75) is 46.1 Å². The summed E-state index contributed by atoms with van der Waals surface area (Å²) >= 11 is 0. The van der Waals surface area contributed by atoms with Crippen molar-refractivity contribution in [3.05, 3.63) is 42.5 Å². The third-order valence-corrected chi connectivity index (χ3v) is 4.22. The summed E-state index contributed by atoms with van der Waals surface area (Å²) < 4.78 is 31.8. The Balaban J connectivity index is 0.00000109. The molecule has 0 amide bonds. The molecule has 0 radical (unpaired) electrons. The number of aliphatic hydroxyl groups is 1. The van der Waals surface area contributed by atoms with E-state index in [0.717, 1.165) is 10.8 Å². The number of aliphatic hydroxyl groups excluding tert-OH is 1. The van der Waals surface area contributed by atoms with E-state index < -0.39 is 12.0 Å². The quantitative estimate of drug-likeness (QED) is 0.810. The molecule has 3 rings (SSSR count). The number of halogens is 2. The fraction of sp³-hybridized carbons (Fsp3) is 0.524. The van der Waals surface area contributed by atoms with Crippen molar-refractivity contribution in [1.29, 1.82) is 0 Å². The fourth-order valence-corrected chi connectivity index (χ4v) is 2.86. The topological polar surface area (TPSA) is 32.7 Å². The number of alkyl halides is 2. The lowest BCUT2D eigenvalue weighted by Gasteiger charge is -2.32. The maximum atomic E-state index is 13.1. The van der Waals surface area contributed by atoms with Crippen LogP contribution in [0.3, 0.4) is 0 Å². The van der Waals surface area contributed by atoms with Gasteiger partial charge in [-0.3, -0.25) is 0 Å². The number of benzene rings is 2. The molecule has 1 N–H and O–H groups in total. The van der Waals surface area contributed by atoms with Crippen LogP contribution in [-0.2, 0) is 0 Å². The van der Waals surface area contributed by atoms with Gasteiger partial charge >= 0.3 is 0 Å². The van der Waals surface area contributed by atoms with Crippen LogP contribution in [0.5, 0.6) is 5.75 Å². The third kappa shape index (κ3) is 6.54. The molecule has 1 atom stereocenters. The van der Waals surface area contributed by atoms with Gasteiger partial charge in [-0.2, -0.15) is 0 Å². The number of β-amino-alcohol motifs (C(OH)–C–C–N with tert-alkyl or cyclic N) is 1. The van der Waals surface area contributed by atoms with E-state index >= 15 is 0 Å². The minimum Gasteiger partial charge on any atom is -0.491 e. The van der Waals surface area contributed by atoms with E-state index in [9.17, 15) is 13.9 Å². The van der Waals surface area contributed by atoms with Crippen LogP contribution in [0.4, 0.5) is 8.78 Å². The van der Waals surface area contributed by atoms with Crippen LogP contribution >= 0.6 is 0 Å². The first-order chi connectivity index (χ1) is 12.0. The van der Waals surface area contributed by atoms with E-state index in [1.165, 1.54) is 0 Å². The van der Waals surface area contributed by atoms with E-state index in [1.54, 1.807) is 0 Å². The van der Waals surface area contributed by atoms with Crippen LogP contribution in [0.1, 0.15) is 34.1 Å². The van der Waals surface area contributed by atoms with Crippen LogP contribution in [0.2, 0.25) is 0 Å². The molecule has 26 heavy (non-hydrogen) atoms. The zero-order valence-electron chi connectivity index (χ0n) is 14.9. The Morgan fingerprint density at radius 1 is 1.08 bits per heavy atom. The zero-order chi connectivity index (χ0) is 18.3. The molecule has 1 aliphatic rings. The van der Waals surface area contributed by atoms with Crippen molar-refractivity contribution in [3.63, 3.8) is 0 Å². The van der Waals surface area contributed by atoms with Crippen molar-refractivity contribution in [1.82, 2.24) is 4.90 Å². The van der Waals surface area contributed by atoms with Crippen LogP contribution in [0.15, 0.2) is 42.5 Å². The lowest BCUT2D eigenvalue weighted by Crippen LogP contribution is -2.44. The average molecular weight is 367 g/mol. The second-order valence-corrected chi connectivity index (χ2v) is 6.13. The molecule has 0 bridgehead atoms. The van der Waals surface area contributed by atoms with Crippen molar-refractivity contribution in [3.8, 4) is 5.75 Å². The number of piperidine rings is 1. The predicted molar refractivity (Wildman–Crippen MR) is 104 cm³/mol. The molecule has 1 saturated heterocycles. The molecule has 0 spiro atoms. The van der Waals surface area contributed by atoms with Gasteiger partial charge in [0, 0.05) is 32.5 Å². The second kappa shape index (κ2) is 10.4. The number of likely N-dealkylation sites (tertiary alicyclic amines) is 1. The molecule has 0 saturated carbocycles. The van der Waals surface area contributed by atoms with Gasteiger partial charge in [0.15, 0.2) is 0 Å². The largest absolute Gasteiger partial charge is 0.491 e. The summed E-state index contributed by atoms with van der Waals surface area (Å²) in [4.78, 5) is 1.87. The monoisotopic (exact) mass is 367 g/mol. The molecule has 2 aromatic carbocycles. The highest BCUT2D eigenvalue weighted by Gasteiger charge is 2.34. The lowest BCUT2D eigenvalue weighted by atomic mass is 10.1. The Morgan fingerprint density at radius 3 is 2.35 bits per heavy atom. The van der Waals surface area contributed by atoms with Crippen molar-refractivity contribution < 1.29 is 18.6 Å². The summed E-state index contributed by atoms with van der Waals surface area (Å²) in [6, 6.07) is 13.8. The standard InChI is InChI=1S/C18H21F2NO2.C2H6.CH4/c19-18(20)7-9-21(10-8-18)12-16(22)13-23-17-6-5-14-3-1-2-4-15(14)11-17;1-2;/h1-6,11,16,22H,7-10,12-13H2;1-2H3;1H4. The van der Waals surface area contributed by atoms with Gasteiger partial charge in [0.25, 0.3) is 5.92 Å². The first-order valence-corrected chi connectivity index (χ1v) is 8.92. The summed E-state index contributed by atoms with van der Waals surface area (Å²) in [5.74, 6) is -1.85. The molecule has 0 aliphatic carbocycles. The highest BCUT2D eigenvalue weighted by molar-refractivity contribution is 5.83. The van der Waals surface area contributed by atoms with Gasteiger partial charge < -0.3 is 14.7 Å². The molecule has 146 valence electrons. The van der Waals surface area contributed by atoms with Gasteiger partial charge in [0.05, 0.1) is 0 Å². The summed E-state index contributed by atoms with van der Waals surface area (Å²) in [6.07, 6.45) is -0.954. The third-order valence-electron chi connectivity index (χ3n) is 4.22. The molecular weight excluding hydrogens is 336 g/mol. The van der Waals surface area contributed by atoms with Crippen LogP contribution in [0, 0.1) is 0 Å². The van der Waals surface area contributed by atoms with E-state index in [1.807, 2.05) is 61.2 Å². The Morgan fingerprint density at radius 2 is 1.69 bits per heavy atom. The Bertz CT molecular complexity index is 653. The number of nitrogens with zero attached hydrogens (tertiary/aromatic N) is 1. The number of hydrogen-bond acceptors (Lipinski definition) is 3. The van der Waals surface area contributed by atoms with Gasteiger partial charge in [-0.15, -0.1) is 0 Å². The molecule has 1 aliphatic heterocycles. The summed E-state index contributed by atoms with van der Waals surface area (Å²) in [5, 5.41) is 12.3. The second-order valence-electron chi connectivity index (χ2n) is 6.13. The first-order valence-electron chi connectivity index (χ1n) is 8.92. The molecule has 1 heterocycles. The molecule has 1 fully saturated rings. The van der Waals surface area contributed by atoms with Gasteiger partial charge in [-0.05, 0) is 22.9 Å². The molecule has 0 aromatic heterocycles. The van der Waals surface area contributed by atoms with Crippen molar-refractivity contribution >= 4 is 10.8 Å². The van der Waals surface area contributed by atoms with E-state index in [-0.39, 0.29) is 26.9 Å². The molecule has 1 unspecified atom stereocenters. The van der Waals surface area contributed by atoms with Gasteiger partial charge in [-0.25, -0.2) is 8.78 Å². The first kappa shape index (κ1) is 22.3. The normalized spacial score (nSPS) is 17.6. The highest BCUT2D eigenvalue weighted by atomic mass is 19.3. The van der Waals surface area contributed by atoms with Crippen LogP contribution in [-0.4, -0.2) is 48.3 Å². The van der Waals surface area contributed by atoms with Gasteiger partial charge in [-0.1, -0.05) is 51.6 Å². The number of rotatable bonds is 5. The predicted octanol–water partition coefficient (Wildman–Crippen LogP) is 4.97. The molecular formula is C21H31F2NO2. The van der Waals surface area contributed by atoms with E-state index in [0.29, 0.717) is 25.4 Å². The molecule has 2 aromatic rings. The summed E-state index contributed by atoms with van der Waals surface area (Å²) in [7, 11) is 0. The minimum absolute atomic E-state index is 0. The van der Waals surface area contributed by atoms with Gasteiger partial charge in [0.1, 0.15) is 18.5 Å². The number of ether oxygens (including phenoxy) is 1. The Labute approximate surface area is 155 Å². The van der Waals surface area contributed by atoms with Crippen molar-refractivity contribution in [2.75, 3.05) is 26.2 Å². The average Bonchev–Trinajstić information content (AvgIpc) is 2.63. The van der Waals surface area contributed by atoms with Crippen LogP contribution in [0.25, 0.3) is 10.8 Å². The summed E-state index contributed by atoms with van der Waals surface area (Å²) in [6.45, 7) is 5.16. The van der Waals surface area contributed by atoms with E-state index in [2.05, 4.69) is 0 Å². The smallest absolute Gasteiger partial charge is 0.250 e. The molecule has 5 heteroatoms. The SMILES string of the molecule is C.CC.OC(COc1ccc2ccccc2c1)CN1CCC(F)(F)CC1. The number of hydrogen-bond donors (Lipinski definition) is 1. The maximum absolute atomic E-state index is 13.1. The fourth-order valence-electron chi connectivity index (χ4n) is 2.86. The Hall–Kier alpha value is -1.72. The highest BCUT2D eigenvalue weighted by Crippen LogP contribution is 2.27. The van der Waals surface area contributed by atoms with E-state index in [4.69, 9.17) is 4.74 Å². The maximum Gasteiger partial charge on any atom is 0.250 e. The molecule has 3 nitrogen and oxygen atoms in total. The lowest BCUT2D eigenvalue weighted by molar-refractivity contribution is -0.0628. The van der Waals surface area contributed by atoms with Crippen LogP contribution < -0.4 is 4.74 Å². The van der Waals surface area contributed by atoms with Gasteiger partial charge in [0.2, 0.25) is 0 Å². The summed E-state index contributed by atoms with van der Waals surface area (Å²) in [5.41, 5.74) is 0. The Kier molecular flexibility index (Phi) is 8.96. The minimum atomic E-state index is -2.55. The van der Waals surface area contributed by atoms with Crippen molar-refractivity contribution in [2.24, 2.45) is 0 Å².